The average Bonchev–Trinajstić information content (AvgIpc) is 2.98. The van der Waals surface area contributed by atoms with Crippen molar-refractivity contribution in [1.29, 1.82) is 0 Å². The van der Waals surface area contributed by atoms with Crippen LogP contribution < -0.4 is 5.32 Å². The van der Waals surface area contributed by atoms with Crippen molar-refractivity contribution in [2.24, 2.45) is 0 Å². The Morgan fingerprint density at radius 1 is 1.26 bits per heavy atom. The maximum atomic E-state index is 13.7. The number of halogens is 2. The highest BCUT2D eigenvalue weighted by molar-refractivity contribution is 6.30. The number of rotatable bonds is 5. The van der Waals surface area contributed by atoms with Crippen molar-refractivity contribution in [2.75, 3.05) is 5.32 Å². The molecule has 0 aliphatic heterocycles. The summed E-state index contributed by atoms with van der Waals surface area (Å²) in [5.41, 5.74) is 2.36. The van der Waals surface area contributed by atoms with E-state index in [2.05, 4.69) is 5.32 Å². The normalized spacial score (nSPS) is 12.0. The lowest BCUT2D eigenvalue weighted by molar-refractivity contribution is -0.152. The fourth-order valence-electron chi connectivity index (χ4n) is 2.60. The van der Waals surface area contributed by atoms with Crippen LogP contribution in [0.5, 0.6) is 0 Å². The van der Waals surface area contributed by atoms with E-state index in [0.717, 1.165) is 17.0 Å². The molecule has 27 heavy (non-hydrogen) atoms. The first kappa shape index (κ1) is 18.9. The van der Waals surface area contributed by atoms with Gasteiger partial charge >= 0.3 is 5.97 Å². The molecule has 1 N–H and O–H groups in total. The second kappa shape index (κ2) is 7.80. The summed E-state index contributed by atoms with van der Waals surface area (Å²) in [4.78, 5) is 24.3. The van der Waals surface area contributed by atoms with Gasteiger partial charge in [-0.3, -0.25) is 9.59 Å². The molecule has 1 heterocycles. The Balaban J connectivity index is 1.61. The number of carbonyl (C=O) groups excluding carboxylic acids is 2. The van der Waals surface area contributed by atoms with Crippen LogP contribution in [0.2, 0.25) is 5.02 Å². The highest BCUT2D eigenvalue weighted by Gasteiger charge is 2.20. The number of fused-ring (bicyclic) bond motifs is 1. The van der Waals surface area contributed by atoms with Gasteiger partial charge in [-0.15, -0.1) is 0 Å². The smallest absolute Gasteiger partial charge is 0.311 e. The van der Waals surface area contributed by atoms with E-state index < -0.39 is 23.8 Å². The minimum Gasteiger partial charge on any atom is -0.464 e. The summed E-state index contributed by atoms with van der Waals surface area (Å²) in [6.07, 6.45) is 0.371. The zero-order valence-electron chi connectivity index (χ0n) is 14.7. The first-order chi connectivity index (χ1) is 12.8. The third-order valence-electron chi connectivity index (χ3n) is 4.01. The highest BCUT2D eigenvalue weighted by Crippen LogP contribution is 2.23. The second-order valence-electron chi connectivity index (χ2n) is 6.18. The number of nitrogens with one attached hydrogen (secondary N) is 1. The molecule has 140 valence electrons. The molecule has 0 bridgehead atoms. The topological polar surface area (TPSA) is 68.5 Å². The molecule has 3 rings (SSSR count). The summed E-state index contributed by atoms with van der Waals surface area (Å²) in [5, 5.41) is 3.40. The fourth-order valence-corrected chi connectivity index (χ4v) is 2.76. The molecule has 1 amide bonds. The number of hydrogen-bond acceptors (Lipinski definition) is 4. The van der Waals surface area contributed by atoms with E-state index in [9.17, 15) is 14.0 Å². The van der Waals surface area contributed by atoms with Gasteiger partial charge in [0, 0.05) is 16.0 Å². The molecule has 0 aliphatic carbocycles. The predicted octanol–water partition coefficient (Wildman–Crippen LogP) is 4.65. The molecule has 0 saturated carbocycles. The third-order valence-corrected chi connectivity index (χ3v) is 4.25. The molecule has 3 aromatic rings. The van der Waals surface area contributed by atoms with E-state index >= 15 is 0 Å². The Labute approximate surface area is 160 Å². The monoisotopic (exact) mass is 389 g/mol. The molecular formula is C20H17ClFNO4. The van der Waals surface area contributed by atoms with E-state index in [1.165, 1.54) is 25.3 Å². The van der Waals surface area contributed by atoms with Crippen LogP contribution in [-0.2, 0) is 20.7 Å². The van der Waals surface area contributed by atoms with E-state index in [4.69, 9.17) is 20.8 Å². The minimum atomic E-state index is -1.09. The van der Waals surface area contributed by atoms with Crippen LogP contribution >= 0.6 is 11.6 Å². The van der Waals surface area contributed by atoms with Crippen LogP contribution in [0.3, 0.4) is 0 Å². The number of amides is 1. The van der Waals surface area contributed by atoms with Gasteiger partial charge in [-0.25, -0.2) is 4.39 Å². The van der Waals surface area contributed by atoms with E-state index in [1.54, 1.807) is 0 Å². The molecule has 0 unspecified atom stereocenters. The minimum absolute atomic E-state index is 0.0384. The van der Waals surface area contributed by atoms with E-state index in [1.807, 2.05) is 25.1 Å². The lowest BCUT2D eigenvalue weighted by Gasteiger charge is -2.14. The maximum Gasteiger partial charge on any atom is 0.311 e. The van der Waals surface area contributed by atoms with Crippen LogP contribution in [0.15, 0.2) is 47.1 Å². The van der Waals surface area contributed by atoms with Crippen LogP contribution in [-0.4, -0.2) is 18.0 Å². The van der Waals surface area contributed by atoms with Crippen molar-refractivity contribution >= 4 is 40.1 Å². The van der Waals surface area contributed by atoms with Gasteiger partial charge in [0.15, 0.2) is 6.10 Å². The number of furan rings is 1. The van der Waals surface area contributed by atoms with Gasteiger partial charge in [-0.05, 0) is 43.7 Å². The van der Waals surface area contributed by atoms with Gasteiger partial charge in [-0.2, -0.15) is 0 Å². The van der Waals surface area contributed by atoms with Gasteiger partial charge in [-0.1, -0.05) is 23.7 Å². The Morgan fingerprint density at radius 2 is 2.04 bits per heavy atom. The Morgan fingerprint density at radius 3 is 2.78 bits per heavy atom. The van der Waals surface area contributed by atoms with E-state index in [-0.39, 0.29) is 17.1 Å². The van der Waals surface area contributed by atoms with Crippen molar-refractivity contribution < 1.29 is 23.1 Å². The summed E-state index contributed by atoms with van der Waals surface area (Å²) in [6.45, 7) is 3.36. The van der Waals surface area contributed by atoms with Crippen LogP contribution in [0.4, 0.5) is 10.1 Å². The zero-order valence-corrected chi connectivity index (χ0v) is 15.5. The number of ether oxygens (including phenoxy) is 1. The zero-order chi connectivity index (χ0) is 19.6. The number of aryl methyl sites for hydroxylation is 1. The number of esters is 1. The summed E-state index contributed by atoms with van der Waals surface area (Å²) in [7, 11) is 0. The number of carbonyl (C=O) groups is 2. The summed E-state index contributed by atoms with van der Waals surface area (Å²) in [6, 6.07) is 9.53. The molecule has 0 spiro atoms. The third kappa shape index (κ3) is 4.46. The number of hydrogen-bond donors (Lipinski definition) is 1. The lowest BCUT2D eigenvalue weighted by atomic mass is 10.1. The molecule has 1 atom stereocenters. The number of benzene rings is 2. The SMILES string of the molecule is Cc1ccc2c(CC(=O)O[C@@H](C)C(=O)Nc3ccc(Cl)cc3F)coc2c1. The molecule has 7 heteroatoms. The molecule has 5 nitrogen and oxygen atoms in total. The molecule has 0 saturated heterocycles. The predicted molar refractivity (Wildman–Crippen MR) is 100 cm³/mol. The molecular weight excluding hydrogens is 373 g/mol. The number of anilines is 1. The largest absolute Gasteiger partial charge is 0.464 e. The quantitative estimate of drug-likeness (QED) is 0.645. The Kier molecular flexibility index (Phi) is 5.46. The average molecular weight is 390 g/mol. The molecule has 1 aromatic heterocycles. The van der Waals surface area contributed by atoms with Crippen LogP contribution in [0.25, 0.3) is 11.0 Å². The summed E-state index contributed by atoms with van der Waals surface area (Å²) >= 11 is 5.67. The Bertz CT molecular complexity index is 1010. The van der Waals surface area contributed by atoms with Crippen molar-refractivity contribution in [1.82, 2.24) is 0 Å². The first-order valence-electron chi connectivity index (χ1n) is 8.25. The lowest BCUT2D eigenvalue weighted by Crippen LogP contribution is -2.30. The van der Waals surface area contributed by atoms with Gasteiger partial charge in [0.05, 0.1) is 18.4 Å². The van der Waals surface area contributed by atoms with Gasteiger partial charge in [0.2, 0.25) is 0 Å². The fraction of sp³-hybridized carbons (Fsp3) is 0.200. The summed E-state index contributed by atoms with van der Waals surface area (Å²) < 4.78 is 24.3. The van der Waals surface area contributed by atoms with Crippen LogP contribution in [0, 0.1) is 12.7 Å². The van der Waals surface area contributed by atoms with Gasteiger partial charge in [0.1, 0.15) is 11.4 Å². The van der Waals surface area contributed by atoms with Crippen molar-refractivity contribution in [2.45, 2.75) is 26.4 Å². The van der Waals surface area contributed by atoms with Crippen molar-refractivity contribution in [3.8, 4) is 0 Å². The molecule has 0 aliphatic rings. The second-order valence-corrected chi connectivity index (χ2v) is 6.62. The van der Waals surface area contributed by atoms with Crippen molar-refractivity contribution in [3.05, 3.63) is 64.6 Å². The summed E-state index contributed by atoms with van der Waals surface area (Å²) in [5.74, 6) is -1.90. The van der Waals surface area contributed by atoms with Crippen molar-refractivity contribution in [3.63, 3.8) is 0 Å². The molecule has 2 aromatic carbocycles. The van der Waals surface area contributed by atoms with Gasteiger partial charge < -0.3 is 14.5 Å². The van der Waals surface area contributed by atoms with Crippen LogP contribution in [0.1, 0.15) is 18.1 Å². The molecule has 0 radical (unpaired) electrons. The standard InChI is InChI=1S/C20H17ClFNO4/c1-11-3-5-15-13(10-26-18(15)7-11)8-19(24)27-12(2)20(25)23-17-6-4-14(21)9-16(17)22/h3-7,9-10,12H,8H2,1-2H3,(H,23,25)/t12-/m0/s1. The Hall–Kier alpha value is -2.86. The highest BCUT2D eigenvalue weighted by atomic mass is 35.5. The molecule has 0 fully saturated rings. The first-order valence-corrected chi connectivity index (χ1v) is 8.63. The van der Waals surface area contributed by atoms with Gasteiger partial charge in [0.25, 0.3) is 5.91 Å². The maximum absolute atomic E-state index is 13.7. The van der Waals surface area contributed by atoms with E-state index in [0.29, 0.717) is 11.1 Å².